The van der Waals surface area contributed by atoms with Crippen LogP contribution in [0.15, 0.2) is 22.7 Å². The standard InChI is InChI=1S/C15H19BrO3/c16-14-7-6-12(15(17)18)8-13(14)10-19-9-11-4-2-1-3-5-11/h6-8,11H,1-5,9-10H2,(H,17,18). The van der Waals surface area contributed by atoms with Gasteiger partial charge in [-0.25, -0.2) is 4.79 Å². The van der Waals surface area contributed by atoms with Crippen molar-refractivity contribution in [2.24, 2.45) is 5.92 Å². The van der Waals surface area contributed by atoms with Crippen molar-refractivity contribution in [3.63, 3.8) is 0 Å². The first-order valence-electron chi connectivity index (χ1n) is 6.76. The molecule has 0 heterocycles. The Bertz CT molecular complexity index is 439. The van der Waals surface area contributed by atoms with E-state index in [4.69, 9.17) is 9.84 Å². The lowest BCUT2D eigenvalue weighted by atomic mass is 9.90. The van der Waals surface area contributed by atoms with E-state index < -0.39 is 5.97 Å². The maximum absolute atomic E-state index is 10.9. The highest BCUT2D eigenvalue weighted by Crippen LogP contribution is 2.25. The summed E-state index contributed by atoms with van der Waals surface area (Å²) in [7, 11) is 0. The van der Waals surface area contributed by atoms with Crippen molar-refractivity contribution in [1.82, 2.24) is 0 Å². The van der Waals surface area contributed by atoms with Crippen molar-refractivity contribution in [3.8, 4) is 0 Å². The minimum absolute atomic E-state index is 0.305. The molecule has 2 rings (SSSR count). The number of aromatic carboxylic acids is 1. The smallest absolute Gasteiger partial charge is 0.335 e. The highest BCUT2D eigenvalue weighted by Gasteiger charge is 2.14. The van der Waals surface area contributed by atoms with E-state index >= 15 is 0 Å². The molecule has 0 bridgehead atoms. The fourth-order valence-corrected chi connectivity index (χ4v) is 2.87. The molecule has 1 aliphatic carbocycles. The van der Waals surface area contributed by atoms with E-state index in [-0.39, 0.29) is 0 Å². The Labute approximate surface area is 122 Å². The zero-order valence-electron chi connectivity index (χ0n) is 10.9. The van der Waals surface area contributed by atoms with Gasteiger partial charge in [-0.15, -0.1) is 0 Å². The first-order chi connectivity index (χ1) is 9.16. The Morgan fingerprint density at radius 3 is 2.74 bits per heavy atom. The first kappa shape index (κ1) is 14.5. The summed E-state index contributed by atoms with van der Waals surface area (Å²) in [5.41, 5.74) is 1.20. The van der Waals surface area contributed by atoms with Gasteiger partial charge in [0.25, 0.3) is 0 Å². The van der Waals surface area contributed by atoms with Crippen molar-refractivity contribution in [1.29, 1.82) is 0 Å². The molecule has 0 saturated heterocycles. The van der Waals surface area contributed by atoms with Crippen LogP contribution in [0.1, 0.15) is 48.0 Å². The van der Waals surface area contributed by atoms with Crippen LogP contribution < -0.4 is 0 Å². The van der Waals surface area contributed by atoms with Gasteiger partial charge < -0.3 is 9.84 Å². The molecule has 0 aliphatic heterocycles. The molecule has 4 heteroatoms. The Kier molecular flexibility index (Phi) is 5.40. The number of hydrogen-bond donors (Lipinski definition) is 1. The van der Waals surface area contributed by atoms with Crippen molar-refractivity contribution >= 4 is 21.9 Å². The number of halogens is 1. The second kappa shape index (κ2) is 7.06. The molecule has 1 saturated carbocycles. The molecular weight excluding hydrogens is 308 g/mol. The topological polar surface area (TPSA) is 46.5 Å². The van der Waals surface area contributed by atoms with Crippen LogP contribution in [0, 0.1) is 5.92 Å². The van der Waals surface area contributed by atoms with Gasteiger partial charge in [0.2, 0.25) is 0 Å². The third-order valence-electron chi connectivity index (χ3n) is 3.63. The quantitative estimate of drug-likeness (QED) is 0.880. The molecule has 104 valence electrons. The number of ether oxygens (including phenoxy) is 1. The van der Waals surface area contributed by atoms with Crippen molar-refractivity contribution < 1.29 is 14.6 Å². The number of benzene rings is 1. The summed E-state index contributed by atoms with van der Waals surface area (Å²) in [5, 5.41) is 8.97. The van der Waals surface area contributed by atoms with E-state index in [9.17, 15) is 4.79 Å². The molecule has 19 heavy (non-hydrogen) atoms. The van der Waals surface area contributed by atoms with E-state index in [1.54, 1.807) is 18.2 Å². The number of hydrogen-bond acceptors (Lipinski definition) is 2. The van der Waals surface area contributed by atoms with E-state index in [0.717, 1.165) is 16.6 Å². The van der Waals surface area contributed by atoms with E-state index in [1.165, 1.54) is 32.1 Å². The maximum Gasteiger partial charge on any atom is 0.335 e. The monoisotopic (exact) mass is 326 g/mol. The van der Waals surface area contributed by atoms with Gasteiger partial charge in [0, 0.05) is 11.1 Å². The fourth-order valence-electron chi connectivity index (χ4n) is 2.51. The van der Waals surface area contributed by atoms with Crippen LogP contribution in [0.3, 0.4) is 0 Å². The summed E-state index contributed by atoms with van der Waals surface area (Å²) in [5.74, 6) is -0.226. The Balaban J connectivity index is 1.87. The molecule has 0 radical (unpaired) electrons. The normalized spacial score (nSPS) is 16.5. The molecule has 0 aromatic heterocycles. The number of carboxylic acid groups (broad SMARTS) is 1. The van der Waals surface area contributed by atoms with Crippen LogP contribution in [0.4, 0.5) is 0 Å². The van der Waals surface area contributed by atoms with Crippen LogP contribution in [0.5, 0.6) is 0 Å². The molecule has 1 fully saturated rings. The number of carboxylic acids is 1. The van der Waals surface area contributed by atoms with Crippen molar-refractivity contribution in [2.45, 2.75) is 38.7 Å². The second-order valence-electron chi connectivity index (χ2n) is 5.13. The van der Waals surface area contributed by atoms with Gasteiger partial charge in [-0.1, -0.05) is 35.2 Å². The fraction of sp³-hybridized carbons (Fsp3) is 0.533. The van der Waals surface area contributed by atoms with Crippen molar-refractivity contribution in [3.05, 3.63) is 33.8 Å². The van der Waals surface area contributed by atoms with Crippen molar-refractivity contribution in [2.75, 3.05) is 6.61 Å². The third kappa shape index (κ3) is 4.32. The molecule has 1 N–H and O–H groups in total. The Hall–Kier alpha value is -0.870. The van der Waals surface area contributed by atoms with Crippen LogP contribution in [-0.2, 0) is 11.3 Å². The molecule has 1 aliphatic rings. The molecule has 1 aromatic rings. The molecule has 3 nitrogen and oxygen atoms in total. The predicted molar refractivity (Wildman–Crippen MR) is 77.3 cm³/mol. The molecule has 0 amide bonds. The highest BCUT2D eigenvalue weighted by atomic mass is 79.9. The number of rotatable bonds is 5. The molecular formula is C15H19BrO3. The van der Waals surface area contributed by atoms with Gasteiger partial charge >= 0.3 is 5.97 Å². The largest absolute Gasteiger partial charge is 0.478 e. The van der Waals surface area contributed by atoms with E-state index in [0.29, 0.717) is 18.1 Å². The van der Waals surface area contributed by atoms with Gasteiger partial charge in [-0.05, 0) is 42.5 Å². The molecule has 0 atom stereocenters. The minimum atomic E-state index is -0.902. The lowest BCUT2D eigenvalue weighted by Crippen LogP contribution is -2.13. The lowest BCUT2D eigenvalue weighted by molar-refractivity contribution is 0.0691. The summed E-state index contributed by atoms with van der Waals surface area (Å²) in [6.45, 7) is 1.25. The third-order valence-corrected chi connectivity index (χ3v) is 4.40. The van der Waals surface area contributed by atoms with Crippen LogP contribution in [0.2, 0.25) is 0 Å². The highest BCUT2D eigenvalue weighted by molar-refractivity contribution is 9.10. The zero-order chi connectivity index (χ0) is 13.7. The summed E-state index contributed by atoms with van der Waals surface area (Å²) in [6, 6.07) is 5.03. The summed E-state index contributed by atoms with van der Waals surface area (Å²) >= 11 is 3.43. The first-order valence-corrected chi connectivity index (χ1v) is 7.55. The SMILES string of the molecule is O=C(O)c1ccc(Br)c(COCC2CCCCC2)c1. The van der Waals surface area contributed by atoms with E-state index in [1.807, 2.05) is 0 Å². The lowest BCUT2D eigenvalue weighted by Gasteiger charge is -2.21. The van der Waals surface area contributed by atoms with Crippen LogP contribution >= 0.6 is 15.9 Å². The molecule has 1 aromatic carbocycles. The Morgan fingerprint density at radius 1 is 1.32 bits per heavy atom. The minimum Gasteiger partial charge on any atom is -0.478 e. The zero-order valence-corrected chi connectivity index (χ0v) is 12.5. The molecule has 0 spiro atoms. The predicted octanol–water partition coefficient (Wildman–Crippen LogP) is 4.24. The van der Waals surface area contributed by atoms with Gasteiger partial charge in [0.1, 0.15) is 0 Å². The average molecular weight is 327 g/mol. The maximum atomic E-state index is 10.9. The summed E-state index contributed by atoms with van der Waals surface area (Å²) in [4.78, 5) is 10.9. The van der Waals surface area contributed by atoms with Gasteiger partial charge in [0.15, 0.2) is 0 Å². The molecule has 0 unspecified atom stereocenters. The van der Waals surface area contributed by atoms with Crippen LogP contribution in [-0.4, -0.2) is 17.7 Å². The number of carbonyl (C=O) groups is 1. The van der Waals surface area contributed by atoms with Gasteiger partial charge in [0.05, 0.1) is 12.2 Å². The van der Waals surface area contributed by atoms with E-state index in [2.05, 4.69) is 15.9 Å². The Morgan fingerprint density at radius 2 is 2.05 bits per heavy atom. The summed E-state index contributed by atoms with van der Waals surface area (Å²) in [6.07, 6.45) is 6.49. The van der Waals surface area contributed by atoms with Crippen LogP contribution in [0.25, 0.3) is 0 Å². The second-order valence-corrected chi connectivity index (χ2v) is 5.98. The van der Waals surface area contributed by atoms with Gasteiger partial charge in [-0.3, -0.25) is 0 Å². The average Bonchev–Trinajstić information content (AvgIpc) is 2.42. The van der Waals surface area contributed by atoms with Gasteiger partial charge in [-0.2, -0.15) is 0 Å². The summed E-state index contributed by atoms with van der Waals surface area (Å²) < 4.78 is 6.66.